The van der Waals surface area contributed by atoms with Crippen LogP contribution in [0.2, 0.25) is 0 Å². The molecule has 0 aliphatic carbocycles. The SMILES string of the molecule is C/C=C\C1=C(C=NC)CN(C)C1. The van der Waals surface area contributed by atoms with Crippen LogP contribution in [0.25, 0.3) is 0 Å². The van der Waals surface area contributed by atoms with Crippen molar-refractivity contribution in [1.82, 2.24) is 4.90 Å². The van der Waals surface area contributed by atoms with Gasteiger partial charge in [-0.25, -0.2) is 0 Å². The van der Waals surface area contributed by atoms with E-state index in [-0.39, 0.29) is 0 Å². The van der Waals surface area contributed by atoms with E-state index >= 15 is 0 Å². The van der Waals surface area contributed by atoms with Crippen LogP contribution >= 0.6 is 0 Å². The first-order valence-corrected chi connectivity index (χ1v) is 4.23. The molecule has 0 bridgehead atoms. The molecule has 2 nitrogen and oxygen atoms in total. The van der Waals surface area contributed by atoms with Crippen molar-refractivity contribution in [2.45, 2.75) is 6.92 Å². The van der Waals surface area contributed by atoms with E-state index in [1.165, 1.54) is 11.1 Å². The molecule has 12 heavy (non-hydrogen) atoms. The first-order valence-electron chi connectivity index (χ1n) is 4.23. The van der Waals surface area contributed by atoms with Crippen molar-refractivity contribution in [2.75, 3.05) is 27.2 Å². The monoisotopic (exact) mass is 164 g/mol. The van der Waals surface area contributed by atoms with Gasteiger partial charge in [-0.15, -0.1) is 0 Å². The van der Waals surface area contributed by atoms with Gasteiger partial charge < -0.3 is 0 Å². The fourth-order valence-electron chi connectivity index (χ4n) is 1.48. The third-order valence-electron chi connectivity index (χ3n) is 1.95. The highest BCUT2D eigenvalue weighted by molar-refractivity contribution is 5.82. The summed E-state index contributed by atoms with van der Waals surface area (Å²) < 4.78 is 0. The molecule has 1 heterocycles. The van der Waals surface area contributed by atoms with Gasteiger partial charge in [-0.1, -0.05) is 12.2 Å². The van der Waals surface area contributed by atoms with Gasteiger partial charge >= 0.3 is 0 Å². The lowest BCUT2D eigenvalue weighted by Crippen LogP contribution is -2.14. The maximum Gasteiger partial charge on any atom is 0.0277 e. The number of hydrogen-bond donors (Lipinski definition) is 0. The fourth-order valence-corrected chi connectivity index (χ4v) is 1.48. The Bertz CT molecular complexity index is 212. The molecule has 0 aromatic heterocycles. The average Bonchev–Trinajstić information content (AvgIpc) is 2.33. The molecule has 0 aromatic rings. The molecule has 1 aliphatic heterocycles. The fraction of sp³-hybridized carbons (Fsp3) is 0.500. The second kappa shape index (κ2) is 4.21. The van der Waals surface area contributed by atoms with Gasteiger partial charge in [0.25, 0.3) is 0 Å². The molecule has 0 saturated heterocycles. The minimum Gasteiger partial charge on any atom is -0.298 e. The van der Waals surface area contributed by atoms with E-state index in [4.69, 9.17) is 0 Å². The smallest absolute Gasteiger partial charge is 0.0277 e. The Hall–Kier alpha value is -0.890. The zero-order valence-corrected chi connectivity index (χ0v) is 8.04. The van der Waals surface area contributed by atoms with Crippen LogP contribution in [0.5, 0.6) is 0 Å². The first kappa shape index (κ1) is 9.20. The average molecular weight is 164 g/mol. The van der Waals surface area contributed by atoms with Gasteiger partial charge in [-0.2, -0.15) is 0 Å². The molecule has 0 atom stereocenters. The number of hydrogen-bond acceptors (Lipinski definition) is 2. The highest BCUT2D eigenvalue weighted by Crippen LogP contribution is 2.15. The Balaban J connectivity index is 2.80. The molecule has 0 N–H and O–H groups in total. The lowest BCUT2D eigenvalue weighted by Gasteiger charge is -2.04. The molecule has 0 saturated carbocycles. The molecule has 2 heteroatoms. The van der Waals surface area contributed by atoms with Crippen molar-refractivity contribution in [3.05, 3.63) is 23.3 Å². The predicted molar refractivity (Wildman–Crippen MR) is 53.8 cm³/mol. The summed E-state index contributed by atoms with van der Waals surface area (Å²) >= 11 is 0. The number of nitrogens with zero attached hydrogens (tertiary/aromatic N) is 2. The standard InChI is InChI=1S/C10H16N2/c1-4-5-9-7-12(3)8-10(9)6-11-2/h4-6H,7-8H2,1-3H3/b5-4-,11-6?. The normalized spacial score (nSPS) is 20.6. The maximum absolute atomic E-state index is 4.04. The Morgan fingerprint density at radius 2 is 2.00 bits per heavy atom. The maximum atomic E-state index is 4.04. The molecular formula is C10H16N2. The highest BCUT2D eigenvalue weighted by atomic mass is 15.1. The minimum atomic E-state index is 1.02. The summed E-state index contributed by atoms with van der Waals surface area (Å²) in [4.78, 5) is 6.33. The summed E-state index contributed by atoms with van der Waals surface area (Å²) in [7, 11) is 3.94. The van der Waals surface area contributed by atoms with Crippen molar-refractivity contribution >= 4 is 6.21 Å². The van der Waals surface area contributed by atoms with Crippen molar-refractivity contribution in [2.24, 2.45) is 4.99 Å². The Morgan fingerprint density at radius 3 is 2.58 bits per heavy atom. The van der Waals surface area contributed by atoms with Gasteiger partial charge in [-0.05, 0) is 25.1 Å². The van der Waals surface area contributed by atoms with Crippen LogP contribution in [0.1, 0.15) is 6.92 Å². The summed E-state index contributed by atoms with van der Waals surface area (Å²) in [6.07, 6.45) is 6.21. The molecular weight excluding hydrogens is 148 g/mol. The lowest BCUT2D eigenvalue weighted by molar-refractivity contribution is 0.429. The van der Waals surface area contributed by atoms with E-state index in [1.54, 1.807) is 0 Å². The summed E-state index contributed by atoms with van der Waals surface area (Å²) in [6, 6.07) is 0. The molecule has 0 amide bonds. The third-order valence-corrected chi connectivity index (χ3v) is 1.95. The lowest BCUT2D eigenvalue weighted by atomic mass is 10.1. The largest absolute Gasteiger partial charge is 0.298 e. The highest BCUT2D eigenvalue weighted by Gasteiger charge is 2.14. The van der Waals surface area contributed by atoms with Crippen molar-refractivity contribution in [3.63, 3.8) is 0 Å². The zero-order valence-electron chi connectivity index (χ0n) is 8.04. The van der Waals surface area contributed by atoms with E-state index in [0.717, 1.165) is 13.1 Å². The van der Waals surface area contributed by atoms with E-state index in [9.17, 15) is 0 Å². The van der Waals surface area contributed by atoms with Crippen molar-refractivity contribution in [1.29, 1.82) is 0 Å². The number of likely N-dealkylation sites (N-methyl/N-ethyl adjacent to an activating group) is 1. The molecule has 0 spiro atoms. The van der Waals surface area contributed by atoms with E-state index in [0.29, 0.717) is 0 Å². The first-order chi connectivity index (χ1) is 5.77. The van der Waals surface area contributed by atoms with Crippen LogP contribution in [-0.4, -0.2) is 38.3 Å². The summed E-state index contributed by atoms with van der Waals surface area (Å²) in [5.41, 5.74) is 2.74. The molecule has 66 valence electrons. The van der Waals surface area contributed by atoms with E-state index in [2.05, 4.69) is 29.1 Å². The van der Waals surface area contributed by atoms with Gasteiger partial charge in [0.05, 0.1) is 0 Å². The van der Waals surface area contributed by atoms with Crippen molar-refractivity contribution < 1.29 is 0 Å². The molecule has 0 aromatic carbocycles. The topological polar surface area (TPSA) is 15.6 Å². The van der Waals surface area contributed by atoms with Gasteiger partial charge in [0.15, 0.2) is 0 Å². The quantitative estimate of drug-likeness (QED) is 0.565. The molecule has 1 rings (SSSR count). The van der Waals surface area contributed by atoms with E-state index < -0.39 is 0 Å². The molecule has 0 unspecified atom stereocenters. The van der Waals surface area contributed by atoms with Gasteiger partial charge in [0.1, 0.15) is 0 Å². The van der Waals surface area contributed by atoms with Crippen LogP contribution in [0.4, 0.5) is 0 Å². The molecule has 0 fully saturated rings. The second-order valence-electron chi connectivity index (χ2n) is 3.11. The van der Waals surface area contributed by atoms with E-state index in [1.807, 2.05) is 20.2 Å². The summed E-state index contributed by atoms with van der Waals surface area (Å²) in [5.74, 6) is 0. The zero-order chi connectivity index (χ0) is 8.97. The Morgan fingerprint density at radius 1 is 1.33 bits per heavy atom. The number of allylic oxidation sites excluding steroid dienone is 1. The van der Waals surface area contributed by atoms with Gasteiger partial charge in [0, 0.05) is 26.4 Å². The second-order valence-corrected chi connectivity index (χ2v) is 3.11. The van der Waals surface area contributed by atoms with Crippen LogP contribution in [-0.2, 0) is 0 Å². The van der Waals surface area contributed by atoms with Gasteiger partial charge in [-0.3, -0.25) is 9.89 Å². The Labute approximate surface area is 74.3 Å². The minimum absolute atomic E-state index is 1.02. The van der Waals surface area contributed by atoms with Crippen LogP contribution in [0.15, 0.2) is 28.3 Å². The van der Waals surface area contributed by atoms with Crippen LogP contribution in [0.3, 0.4) is 0 Å². The number of rotatable bonds is 2. The van der Waals surface area contributed by atoms with Gasteiger partial charge in [0.2, 0.25) is 0 Å². The number of aliphatic imine (C=N–C) groups is 1. The van der Waals surface area contributed by atoms with Crippen molar-refractivity contribution in [3.8, 4) is 0 Å². The third kappa shape index (κ3) is 2.05. The Kier molecular flexibility index (Phi) is 3.23. The van der Waals surface area contributed by atoms with Crippen LogP contribution in [0, 0.1) is 0 Å². The summed E-state index contributed by atoms with van der Waals surface area (Å²) in [6.45, 7) is 4.12. The van der Waals surface area contributed by atoms with Crippen LogP contribution < -0.4 is 0 Å². The summed E-state index contributed by atoms with van der Waals surface area (Å²) in [5, 5.41) is 0. The predicted octanol–water partition coefficient (Wildman–Crippen LogP) is 1.51. The molecule has 0 radical (unpaired) electrons. The molecule has 1 aliphatic rings.